The number of aryl methyl sites for hydroxylation is 1. The van der Waals surface area contributed by atoms with E-state index in [4.69, 9.17) is 11.6 Å². The highest BCUT2D eigenvalue weighted by molar-refractivity contribution is 7.90. The van der Waals surface area contributed by atoms with Crippen LogP contribution >= 0.6 is 11.6 Å². The van der Waals surface area contributed by atoms with Crippen LogP contribution < -0.4 is 0 Å². The second-order valence-electron chi connectivity index (χ2n) is 5.95. The van der Waals surface area contributed by atoms with Gasteiger partial charge in [0.25, 0.3) is 0 Å². The molecular weight excluding hydrogens is 326 g/mol. The second-order valence-corrected chi connectivity index (χ2v) is 8.57. The second kappa shape index (κ2) is 7.00. The predicted octanol–water partition coefficient (Wildman–Crippen LogP) is 1.43. The van der Waals surface area contributed by atoms with Crippen LogP contribution in [0.3, 0.4) is 0 Å². The molecule has 1 amide bonds. The van der Waals surface area contributed by atoms with Crippen molar-refractivity contribution in [1.29, 1.82) is 0 Å². The summed E-state index contributed by atoms with van der Waals surface area (Å²) in [7, 11) is -1.25. The van der Waals surface area contributed by atoms with Gasteiger partial charge in [0.15, 0.2) is 5.15 Å². The van der Waals surface area contributed by atoms with E-state index in [0.29, 0.717) is 23.7 Å². The van der Waals surface area contributed by atoms with Crippen LogP contribution in [0.4, 0.5) is 0 Å². The molecule has 0 aliphatic carbocycles. The SMILES string of the molecule is Cn1cc(CC(=O)N2CCCCC2CCS(C)(=O)=O)c(Cl)n1. The van der Waals surface area contributed by atoms with Crippen LogP contribution in [0.1, 0.15) is 31.2 Å². The highest BCUT2D eigenvalue weighted by atomic mass is 35.5. The molecule has 1 aliphatic rings. The van der Waals surface area contributed by atoms with Crippen LogP contribution in [0.15, 0.2) is 6.20 Å². The third-order valence-electron chi connectivity index (χ3n) is 3.96. The first-order valence-electron chi connectivity index (χ1n) is 7.41. The summed E-state index contributed by atoms with van der Waals surface area (Å²) in [5, 5.41) is 4.38. The van der Waals surface area contributed by atoms with Crippen LogP contribution in [-0.2, 0) is 28.1 Å². The number of nitrogens with zero attached hydrogens (tertiary/aromatic N) is 3. The molecule has 1 atom stereocenters. The number of carbonyl (C=O) groups excluding carboxylic acids is 1. The largest absolute Gasteiger partial charge is 0.339 e. The molecule has 2 heterocycles. The maximum absolute atomic E-state index is 12.5. The Bertz CT molecular complexity index is 642. The van der Waals surface area contributed by atoms with Crippen molar-refractivity contribution in [1.82, 2.24) is 14.7 Å². The van der Waals surface area contributed by atoms with Gasteiger partial charge in [-0.3, -0.25) is 9.48 Å². The van der Waals surface area contributed by atoms with Crippen molar-refractivity contribution in [2.75, 3.05) is 18.6 Å². The van der Waals surface area contributed by atoms with E-state index in [1.165, 1.54) is 6.26 Å². The fourth-order valence-corrected chi connectivity index (χ4v) is 3.81. The molecule has 124 valence electrons. The summed E-state index contributed by atoms with van der Waals surface area (Å²) in [6.45, 7) is 0.686. The summed E-state index contributed by atoms with van der Waals surface area (Å²) in [6.07, 6.45) is 6.55. The van der Waals surface area contributed by atoms with Crippen molar-refractivity contribution in [2.45, 2.75) is 38.1 Å². The molecule has 2 rings (SSSR count). The summed E-state index contributed by atoms with van der Waals surface area (Å²) in [6, 6.07) is 0.00595. The molecular formula is C14H22ClN3O3S. The van der Waals surface area contributed by atoms with Gasteiger partial charge in [-0.2, -0.15) is 5.10 Å². The van der Waals surface area contributed by atoms with Crippen LogP contribution in [-0.4, -0.2) is 53.6 Å². The molecule has 0 N–H and O–H groups in total. The summed E-state index contributed by atoms with van der Waals surface area (Å²) >= 11 is 6.00. The summed E-state index contributed by atoms with van der Waals surface area (Å²) < 4.78 is 24.3. The smallest absolute Gasteiger partial charge is 0.227 e. The Kier molecular flexibility index (Phi) is 5.50. The molecule has 1 aromatic rings. The monoisotopic (exact) mass is 347 g/mol. The molecule has 1 fully saturated rings. The van der Waals surface area contributed by atoms with Gasteiger partial charge in [0, 0.05) is 37.7 Å². The molecule has 0 bridgehead atoms. The lowest BCUT2D eigenvalue weighted by molar-refractivity contribution is -0.134. The first-order chi connectivity index (χ1) is 10.3. The molecule has 0 radical (unpaired) electrons. The Morgan fingerprint density at radius 1 is 1.45 bits per heavy atom. The predicted molar refractivity (Wildman–Crippen MR) is 85.6 cm³/mol. The zero-order valence-corrected chi connectivity index (χ0v) is 14.5. The van der Waals surface area contributed by atoms with Gasteiger partial charge in [-0.25, -0.2) is 8.42 Å². The number of sulfone groups is 1. The number of halogens is 1. The van der Waals surface area contributed by atoms with Crippen molar-refractivity contribution < 1.29 is 13.2 Å². The van der Waals surface area contributed by atoms with Gasteiger partial charge in [-0.05, 0) is 25.7 Å². The summed E-state index contributed by atoms with van der Waals surface area (Å²) in [4.78, 5) is 14.4. The van der Waals surface area contributed by atoms with Gasteiger partial charge in [0.2, 0.25) is 5.91 Å². The number of aromatic nitrogens is 2. The van der Waals surface area contributed by atoms with Crippen molar-refractivity contribution in [3.8, 4) is 0 Å². The first kappa shape index (κ1) is 17.3. The van der Waals surface area contributed by atoms with E-state index < -0.39 is 9.84 Å². The van der Waals surface area contributed by atoms with E-state index in [1.54, 1.807) is 17.9 Å². The van der Waals surface area contributed by atoms with Crippen LogP contribution in [0.2, 0.25) is 5.15 Å². The Morgan fingerprint density at radius 2 is 2.18 bits per heavy atom. The van der Waals surface area contributed by atoms with Crippen molar-refractivity contribution >= 4 is 27.3 Å². The molecule has 0 saturated carbocycles. The number of hydrogen-bond acceptors (Lipinski definition) is 4. The average molecular weight is 348 g/mol. The highest BCUT2D eigenvalue weighted by Crippen LogP contribution is 2.22. The Hall–Kier alpha value is -1.08. The third kappa shape index (κ3) is 4.71. The molecule has 0 spiro atoms. The van der Waals surface area contributed by atoms with Crippen LogP contribution in [0.5, 0.6) is 0 Å². The number of hydrogen-bond donors (Lipinski definition) is 0. The highest BCUT2D eigenvalue weighted by Gasteiger charge is 2.28. The van der Waals surface area contributed by atoms with Gasteiger partial charge in [-0.15, -0.1) is 0 Å². The Balaban J connectivity index is 2.03. The maximum atomic E-state index is 12.5. The molecule has 22 heavy (non-hydrogen) atoms. The number of carbonyl (C=O) groups is 1. The maximum Gasteiger partial charge on any atom is 0.227 e. The lowest BCUT2D eigenvalue weighted by Crippen LogP contribution is -2.45. The van der Waals surface area contributed by atoms with E-state index >= 15 is 0 Å². The van der Waals surface area contributed by atoms with E-state index in [0.717, 1.165) is 19.3 Å². The van der Waals surface area contributed by atoms with E-state index in [2.05, 4.69) is 5.10 Å². The fraction of sp³-hybridized carbons (Fsp3) is 0.714. The number of amides is 1. The third-order valence-corrected chi connectivity index (χ3v) is 5.26. The number of rotatable bonds is 5. The molecule has 6 nitrogen and oxygen atoms in total. The molecule has 1 saturated heterocycles. The van der Waals surface area contributed by atoms with Crippen molar-refractivity contribution in [3.05, 3.63) is 16.9 Å². The van der Waals surface area contributed by atoms with Gasteiger partial charge >= 0.3 is 0 Å². The molecule has 1 aromatic heterocycles. The van der Waals surface area contributed by atoms with Gasteiger partial charge in [0.1, 0.15) is 9.84 Å². The lowest BCUT2D eigenvalue weighted by atomic mass is 9.99. The average Bonchev–Trinajstić information content (AvgIpc) is 2.74. The first-order valence-corrected chi connectivity index (χ1v) is 9.85. The standard InChI is InChI=1S/C14H22ClN3O3S/c1-17-10-11(14(15)16-17)9-13(19)18-7-4-3-5-12(18)6-8-22(2,20)21/h10,12H,3-9H2,1-2H3. The van der Waals surface area contributed by atoms with E-state index in [-0.39, 0.29) is 24.1 Å². The zero-order chi connectivity index (χ0) is 16.3. The Morgan fingerprint density at radius 3 is 2.77 bits per heavy atom. The van der Waals surface area contributed by atoms with Crippen LogP contribution in [0.25, 0.3) is 0 Å². The fourth-order valence-electron chi connectivity index (χ4n) is 2.87. The summed E-state index contributed by atoms with van der Waals surface area (Å²) in [5.74, 6) is 0.114. The lowest BCUT2D eigenvalue weighted by Gasteiger charge is -2.36. The van der Waals surface area contributed by atoms with E-state index in [9.17, 15) is 13.2 Å². The van der Waals surface area contributed by atoms with E-state index in [1.807, 2.05) is 4.90 Å². The van der Waals surface area contributed by atoms with Crippen molar-refractivity contribution in [2.24, 2.45) is 7.05 Å². The van der Waals surface area contributed by atoms with Gasteiger partial charge < -0.3 is 4.90 Å². The zero-order valence-electron chi connectivity index (χ0n) is 13.0. The minimum absolute atomic E-state index is 0.00595. The normalized spacial score (nSPS) is 19.4. The quantitative estimate of drug-likeness (QED) is 0.807. The number of piperidine rings is 1. The van der Waals surface area contributed by atoms with Crippen molar-refractivity contribution in [3.63, 3.8) is 0 Å². The molecule has 8 heteroatoms. The van der Waals surface area contributed by atoms with Gasteiger partial charge in [0.05, 0.1) is 12.2 Å². The van der Waals surface area contributed by atoms with Gasteiger partial charge in [-0.1, -0.05) is 11.6 Å². The molecule has 0 aromatic carbocycles. The van der Waals surface area contributed by atoms with Crippen LogP contribution in [0, 0.1) is 0 Å². The molecule has 1 aliphatic heterocycles. The topological polar surface area (TPSA) is 72.3 Å². The minimum Gasteiger partial charge on any atom is -0.339 e. The summed E-state index contributed by atoms with van der Waals surface area (Å²) in [5.41, 5.74) is 0.710. The molecule has 1 unspecified atom stereocenters. The minimum atomic E-state index is -3.01. The number of likely N-dealkylation sites (tertiary alicyclic amines) is 1. The Labute approximate surface area is 136 Å².